The number of benzene rings is 1. The van der Waals surface area contributed by atoms with Crippen molar-refractivity contribution in [3.63, 3.8) is 0 Å². The van der Waals surface area contributed by atoms with Crippen molar-refractivity contribution >= 4 is 5.96 Å². The van der Waals surface area contributed by atoms with Crippen molar-refractivity contribution in [1.29, 1.82) is 0 Å². The van der Waals surface area contributed by atoms with E-state index in [2.05, 4.69) is 61.3 Å². The molecule has 0 atom stereocenters. The molecule has 0 aliphatic carbocycles. The van der Waals surface area contributed by atoms with E-state index in [0.717, 1.165) is 11.5 Å². The maximum atomic E-state index is 5.92. The molecule has 0 radical (unpaired) electrons. The molecule has 0 unspecified atom stereocenters. The number of nitrogens with zero attached hydrogens (tertiary/aromatic N) is 2. The van der Waals surface area contributed by atoms with Crippen molar-refractivity contribution in [3.05, 3.63) is 47.7 Å². The number of hydrogen-bond donors (Lipinski definition) is 2. The van der Waals surface area contributed by atoms with Crippen LogP contribution in [-0.4, -0.2) is 31.1 Å². The van der Waals surface area contributed by atoms with Crippen molar-refractivity contribution < 1.29 is 9.15 Å². The Bertz CT molecular complexity index is 745. The van der Waals surface area contributed by atoms with E-state index in [-0.39, 0.29) is 5.41 Å². The minimum atomic E-state index is -0.0468. The lowest BCUT2D eigenvalue weighted by Crippen LogP contribution is -2.39. The fourth-order valence-electron chi connectivity index (χ4n) is 2.54. The standard InChI is InChI=1S/C21H32N4O2/c1-15(2)16-9-7-8-10-17(16)26-12-11-23-20(22-6)25-14-19-24-13-18(27-19)21(3,4)5/h7-10,13,15H,11-12,14H2,1-6H3,(H2,22,23,25). The molecule has 148 valence electrons. The van der Waals surface area contributed by atoms with Crippen LogP contribution in [0.4, 0.5) is 0 Å². The molecule has 0 saturated carbocycles. The van der Waals surface area contributed by atoms with Crippen LogP contribution in [0.5, 0.6) is 5.75 Å². The first kappa shape index (κ1) is 20.8. The summed E-state index contributed by atoms with van der Waals surface area (Å²) in [6.45, 7) is 12.3. The molecule has 0 aliphatic heterocycles. The molecule has 27 heavy (non-hydrogen) atoms. The number of para-hydroxylation sites is 1. The highest BCUT2D eigenvalue weighted by Crippen LogP contribution is 2.25. The first-order valence-corrected chi connectivity index (χ1v) is 9.42. The third-order valence-electron chi connectivity index (χ3n) is 4.12. The van der Waals surface area contributed by atoms with Gasteiger partial charge in [-0.25, -0.2) is 4.98 Å². The molecule has 1 heterocycles. The highest BCUT2D eigenvalue weighted by molar-refractivity contribution is 5.79. The summed E-state index contributed by atoms with van der Waals surface area (Å²) < 4.78 is 11.7. The van der Waals surface area contributed by atoms with Gasteiger partial charge < -0.3 is 19.8 Å². The number of rotatable bonds is 7. The highest BCUT2D eigenvalue weighted by Gasteiger charge is 2.19. The normalized spacial score (nSPS) is 12.3. The number of aliphatic imine (C=N–C) groups is 1. The van der Waals surface area contributed by atoms with Gasteiger partial charge in [-0.15, -0.1) is 0 Å². The van der Waals surface area contributed by atoms with E-state index in [1.165, 1.54) is 5.56 Å². The topological polar surface area (TPSA) is 71.7 Å². The quantitative estimate of drug-likeness (QED) is 0.439. The average molecular weight is 373 g/mol. The largest absolute Gasteiger partial charge is 0.491 e. The van der Waals surface area contributed by atoms with Gasteiger partial charge in [0, 0.05) is 12.5 Å². The van der Waals surface area contributed by atoms with Crippen molar-refractivity contribution in [1.82, 2.24) is 15.6 Å². The lowest BCUT2D eigenvalue weighted by Gasteiger charge is -2.15. The Morgan fingerprint density at radius 1 is 1.22 bits per heavy atom. The number of aromatic nitrogens is 1. The van der Waals surface area contributed by atoms with E-state index < -0.39 is 0 Å². The maximum absolute atomic E-state index is 5.92. The molecule has 0 bridgehead atoms. The highest BCUT2D eigenvalue weighted by atomic mass is 16.5. The summed E-state index contributed by atoms with van der Waals surface area (Å²) in [5.74, 6) is 3.57. The van der Waals surface area contributed by atoms with Crippen LogP contribution in [0, 0.1) is 0 Å². The van der Waals surface area contributed by atoms with Gasteiger partial charge in [0.2, 0.25) is 5.89 Å². The fourth-order valence-corrected chi connectivity index (χ4v) is 2.54. The van der Waals surface area contributed by atoms with Crippen LogP contribution in [0.1, 0.15) is 57.8 Å². The molecule has 2 rings (SSSR count). The fraction of sp³-hybridized carbons (Fsp3) is 0.524. The van der Waals surface area contributed by atoms with Gasteiger partial charge in [0.25, 0.3) is 0 Å². The molecule has 0 spiro atoms. The van der Waals surface area contributed by atoms with Crippen LogP contribution < -0.4 is 15.4 Å². The SMILES string of the molecule is CN=C(NCCOc1ccccc1C(C)C)NCc1ncc(C(C)(C)C)o1. The maximum Gasteiger partial charge on any atom is 0.213 e. The summed E-state index contributed by atoms with van der Waals surface area (Å²) >= 11 is 0. The zero-order chi connectivity index (χ0) is 19.9. The van der Waals surface area contributed by atoms with Crippen molar-refractivity contribution in [3.8, 4) is 5.75 Å². The van der Waals surface area contributed by atoms with Crippen molar-refractivity contribution in [2.45, 2.75) is 52.5 Å². The van der Waals surface area contributed by atoms with E-state index in [1.807, 2.05) is 18.2 Å². The van der Waals surface area contributed by atoms with Gasteiger partial charge in [0.05, 0.1) is 19.3 Å². The number of hydrogen-bond acceptors (Lipinski definition) is 4. The van der Waals surface area contributed by atoms with Gasteiger partial charge in [0.15, 0.2) is 5.96 Å². The van der Waals surface area contributed by atoms with E-state index in [9.17, 15) is 0 Å². The van der Waals surface area contributed by atoms with Gasteiger partial charge in [-0.3, -0.25) is 4.99 Å². The van der Waals surface area contributed by atoms with Crippen LogP contribution in [0.2, 0.25) is 0 Å². The molecule has 1 aromatic carbocycles. The lowest BCUT2D eigenvalue weighted by atomic mass is 9.94. The lowest BCUT2D eigenvalue weighted by molar-refractivity contribution is 0.317. The third kappa shape index (κ3) is 6.31. The van der Waals surface area contributed by atoms with Crippen LogP contribution in [0.3, 0.4) is 0 Å². The zero-order valence-corrected chi connectivity index (χ0v) is 17.3. The van der Waals surface area contributed by atoms with Crippen LogP contribution >= 0.6 is 0 Å². The number of oxazole rings is 1. The predicted molar refractivity (Wildman–Crippen MR) is 109 cm³/mol. The van der Waals surface area contributed by atoms with E-state index in [1.54, 1.807) is 13.2 Å². The molecule has 0 amide bonds. The van der Waals surface area contributed by atoms with Crippen LogP contribution in [0.25, 0.3) is 0 Å². The molecule has 6 nitrogen and oxygen atoms in total. The van der Waals surface area contributed by atoms with Gasteiger partial charge in [-0.2, -0.15) is 0 Å². The molecule has 0 fully saturated rings. The Hall–Kier alpha value is -2.50. The molecule has 0 saturated heterocycles. The summed E-state index contributed by atoms with van der Waals surface area (Å²) in [4.78, 5) is 8.53. The minimum Gasteiger partial charge on any atom is -0.491 e. The Morgan fingerprint density at radius 2 is 1.96 bits per heavy atom. The van der Waals surface area contributed by atoms with Gasteiger partial charge in [-0.05, 0) is 17.5 Å². The smallest absolute Gasteiger partial charge is 0.213 e. The summed E-state index contributed by atoms with van der Waals surface area (Å²) in [5.41, 5.74) is 1.17. The summed E-state index contributed by atoms with van der Waals surface area (Å²) in [6, 6.07) is 8.16. The third-order valence-corrected chi connectivity index (χ3v) is 4.12. The first-order chi connectivity index (χ1) is 12.8. The van der Waals surface area contributed by atoms with Gasteiger partial charge in [0.1, 0.15) is 18.1 Å². The first-order valence-electron chi connectivity index (χ1n) is 9.42. The second-order valence-corrected chi connectivity index (χ2v) is 7.76. The average Bonchev–Trinajstić information content (AvgIpc) is 3.11. The van der Waals surface area contributed by atoms with E-state index in [4.69, 9.17) is 9.15 Å². The monoisotopic (exact) mass is 372 g/mol. The minimum absolute atomic E-state index is 0.0468. The predicted octanol–water partition coefficient (Wildman–Crippen LogP) is 3.84. The number of guanidine groups is 1. The second kappa shape index (κ2) is 9.44. The number of ether oxygens (including phenoxy) is 1. The zero-order valence-electron chi connectivity index (χ0n) is 17.3. The molecular formula is C21H32N4O2. The molecule has 1 aromatic heterocycles. The molecule has 2 N–H and O–H groups in total. The molecule has 0 aliphatic rings. The van der Waals surface area contributed by atoms with E-state index in [0.29, 0.717) is 37.5 Å². The van der Waals surface area contributed by atoms with Crippen LogP contribution in [-0.2, 0) is 12.0 Å². The summed E-state index contributed by atoms with van der Waals surface area (Å²) in [5, 5.41) is 6.45. The Balaban J connectivity index is 1.77. The van der Waals surface area contributed by atoms with Crippen molar-refractivity contribution in [2.24, 2.45) is 4.99 Å². The molecule has 6 heteroatoms. The Morgan fingerprint density at radius 3 is 2.59 bits per heavy atom. The molecular weight excluding hydrogens is 340 g/mol. The Kier molecular flexibility index (Phi) is 7.28. The van der Waals surface area contributed by atoms with Gasteiger partial charge >= 0.3 is 0 Å². The Labute approximate surface area is 162 Å². The van der Waals surface area contributed by atoms with E-state index >= 15 is 0 Å². The van der Waals surface area contributed by atoms with Crippen molar-refractivity contribution in [2.75, 3.05) is 20.2 Å². The number of nitrogens with one attached hydrogen (secondary N) is 2. The molecule has 2 aromatic rings. The van der Waals surface area contributed by atoms with Gasteiger partial charge in [-0.1, -0.05) is 52.8 Å². The second-order valence-electron chi connectivity index (χ2n) is 7.76. The van der Waals surface area contributed by atoms with Crippen LogP contribution in [0.15, 0.2) is 39.9 Å². The summed E-state index contributed by atoms with van der Waals surface area (Å²) in [7, 11) is 1.74. The summed E-state index contributed by atoms with van der Waals surface area (Å²) in [6.07, 6.45) is 1.78.